The van der Waals surface area contributed by atoms with Crippen molar-refractivity contribution in [3.8, 4) is 0 Å². The van der Waals surface area contributed by atoms with Gasteiger partial charge in [0.1, 0.15) is 12.4 Å². The molecule has 0 bridgehead atoms. The van der Waals surface area contributed by atoms with Gasteiger partial charge in [0.2, 0.25) is 0 Å². The minimum atomic E-state index is -0.317. The van der Waals surface area contributed by atoms with Crippen molar-refractivity contribution in [3.63, 3.8) is 0 Å². The zero-order valence-electron chi connectivity index (χ0n) is 5.51. The molecule has 0 N–H and O–H groups in total. The van der Waals surface area contributed by atoms with E-state index < -0.39 is 0 Å². The van der Waals surface area contributed by atoms with Crippen LogP contribution in [0.3, 0.4) is 0 Å². The van der Waals surface area contributed by atoms with Crippen LogP contribution in [0.1, 0.15) is 18.6 Å². The van der Waals surface area contributed by atoms with Crippen molar-refractivity contribution in [3.05, 3.63) is 18.0 Å². The van der Waals surface area contributed by atoms with Gasteiger partial charge in [0, 0.05) is 6.07 Å². The molecule has 1 aromatic heterocycles. The van der Waals surface area contributed by atoms with Gasteiger partial charge in [-0.15, -0.1) is 0 Å². The lowest BCUT2D eigenvalue weighted by atomic mass is 10.1. The zero-order chi connectivity index (χ0) is 7.03. The van der Waals surface area contributed by atoms with Crippen LogP contribution in [-0.4, -0.2) is 11.8 Å². The van der Waals surface area contributed by atoms with Crippen LogP contribution in [0.25, 0.3) is 0 Å². The van der Waals surface area contributed by atoms with Gasteiger partial charge in [-0.1, -0.05) is 5.16 Å². The van der Waals surface area contributed by atoms with Gasteiger partial charge < -0.3 is 4.52 Å². The first-order chi connectivity index (χ1) is 4.87. The Kier molecular flexibility index (Phi) is 1.07. The molecule has 0 amide bonds. The van der Waals surface area contributed by atoms with Crippen LogP contribution in [-0.2, 0) is 5.41 Å². The van der Waals surface area contributed by atoms with Crippen molar-refractivity contribution in [1.82, 2.24) is 5.16 Å². The largest absolute Gasteiger partial charge is 0.361 e. The minimum absolute atomic E-state index is 0.281. The first-order valence-electron chi connectivity index (χ1n) is 3.34. The topological polar surface area (TPSA) is 26.0 Å². The monoisotopic (exact) mass is 141 g/mol. The van der Waals surface area contributed by atoms with Gasteiger partial charge in [0.15, 0.2) is 0 Å². The SMILES string of the molecule is FCC1(c2ccno2)CC1. The molecule has 1 saturated carbocycles. The van der Waals surface area contributed by atoms with E-state index in [2.05, 4.69) is 5.16 Å². The van der Waals surface area contributed by atoms with Gasteiger partial charge in [0.25, 0.3) is 0 Å². The molecule has 2 rings (SSSR count). The summed E-state index contributed by atoms with van der Waals surface area (Å²) in [7, 11) is 0. The highest BCUT2D eigenvalue weighted by Gasteiger charge is 2.47. The zero-order valence-corrected chi connectivity index (χ0v) is 5.51. The first kappa shape index (κ1) is 5.89. The fourth-order valence-corrected chi connectivity index (χ4v) is 1.09. The smallest absolute Gasteiger partial charge is 0.145 e. The molecule has 0 spiro atoms. The predicted octanol–water partition coefficient (Wildman–Crippen LogP) is 1.68. The summed E-state index contributed by atoms with van der Waals surface area (Å²) >= 11 is 0. The number of halogens is 1. The number of nitrogens with zero attached hydrogens (tertiary/aromatic N) is 1. The van der Waals surface area contributed by atoms with Gasteiger partial charge in [-0.2, -0.15) is 0 Å². The summed E-state index contributed by atoms with van der Waals surface area (Å²) < 4.78 is 17.2. The first-order valence-corrected chi connectivity index (χ1v) is 3.34. The number of alkyl halides is 1. The number of hydrogen-bond donors (Lipinski definition) is 0. The highest BCUT2D eigenvalue weighted by Crippen LogP contribution is 2.48. The average Bonchev–Trinajstić information content (AvgIpc) is 2.58. The van der Waals surface area contributed by atoms with Crippen LogP contribution in [0.15, 0.2) is 16.8 Å². The average molecular weight is 141 g/mol. The van der Waals surface area contributed by atoms with Crippen LogP contribution >= 0.6 is 0 Å². The van der Waals surface area contributed by atoms with E-state index in [-0.39, 0.29) is 12.1 Å². The Labute approximate surface area is 58.0 Å². The molecule has 10 heavy (non-hydrogen) atoms. The number of aromatic nitrogens is 1. The molecule has 0 aromatic carbocycles. The van der Waals surface area contributed by atoms with Gasteiger partial charge in [-0.3, -0.25) is 0 Å². The summed E-state index contributed by atoms with van der Waals surface area (Å²) in [6, 6.07) is 1.74. The van der Waals surface area contributed by atoms with E-state index in [1.807, 2.05) is 0 Å². The molecule has 3 heteroatoms. The Balaban J connectivity index is 2.27. The van der Waals surface area contributed by atoms with E-state index in [4.69, 9.17) is 4.52 Å². The highest BCUT2D eigenvalue weighted by molar-refractivity contribution is 5.20. The van der Waals surface area contributed by atoms with Crippen molar-refractivity contribution >= 4 is 0 Å². The Morgan fingerprint density at radius 2 is 2.50 bits per heavy atom. The fourth-order valence-electron chi connectivity index (χ4n) is 1.09. The van der Waals surface area contributed by atoms with Crippen molar-refractivity contribution in [2.75, 3.05) is 6.67 Å². The lowest BCUT2D eigenvalue weighted by Gasteiger charge is -2.02. The molecule has 1 aromatic rings. The van der Waals surface area contributed by atoms with Crippen molar-refractivity contribution in [2.45, 2.75) is 18.3 Å². The summed E-state index contributed by atoms with van der Waals surface area (Å²) in [5.41, 5.74) is -0.281. The van der Waals surface area contributed by atoms with Crippen LogP contribution in [0, 0.1) is 0 Å². The van der Waals surface area contributed by atoms with Gasteiger partial charge in [-0.25, -0.2) is 4.39 Å². The molecule has 1 aliphatic rings. The van der Waals surface area contributed by atoms with Gasteiger partial charge in [-0.05, 0) is 12.8 Å². The third-order valence-corrected chi connectivity index (χ3v) is 2.07. The van der Waals surface area contributed by atoms with Crippen LogP contribution in [0.2, 0.25) is 0 Å². The second kappa shape index (κ2) is 1.81. The molecule has 0 radical (unpaired) electrons. The van der Waals surface area contributed by atoms with E-state index in [9.17, 15) is 4.39 Å². The maximum atomic E-state index is 12.3. The normalized spacial score (nSPS) is 20.9. The minimum Gasteiger partial charge on any atom is -0.361 e. The third kappa shape index (κ3) is 0.664. The molecular weight excluding hydrogens is 133 g/mol. The number of hydrogen-bond acceptors (Lipinski definition) is 2. The lowest BCUT2D eigenvalue weighted by molar-refractivity contribution is 0.313. The van der Waals surface area contributed by atoms with Crippen molar-refractivity contribution in [2.24, 2.45) is 0 Å². The van der Waals surface area contributed by atoms with E-state index in [0.29, 0.717) is 5.76 Å². The van der Waals surface area contributed by atoms with Crippen molar-refractivity contribution < 1.29 is 8.91 Å². The molecule has 2 nitrogen and oxygen atoms in total. The van der Waals surface area contributed by atoms with Crippen molar-refractivity contribution in [1.29, 1.82) is 0 Å². The van der Waals surface area contributed by atoms with E-state index >= 15 is 0 Å². The van der Waals surface area contributed by atoms with Crippen LogP contribution in [0.4, 0.5) is 4.39 Å². The van der Waals surface area contributed by atoms with Gasteiger partial charge >= 0.3 is 0 Å². The Morgan fingerprint density at radius 1 is 1.70 bits per heavy atom. The number of rotatable bonds is 2. The summed E-state index contributed by atoms with van der Waals surface area (Å²) in [6.07, 6.45) is 3.36. The molecule has 0 unspecified atom stereocenters. The molecule has 0 saturated heterocycles. The molecular formula is C7H8FNO. The maximum absolute atomic E-state index is 12.3. The highest BCUT2D eigenvalue weighted by atomic mass is 19.1. The third-order valence-electron chi connectivity index (χ3n) is 2.07. The predicted molar refractivity (Wildman–Crippen MR) is 33.4 cm³/mol. The summed E-state index contributed by atoms with van der Waals surface area (Å²) in [5, 5.41) is 3.53. The molecule has 1 aliphatic carbocycles. The van der Waals surface area contributed by atoms with Crippen LogP contribution < -0.4 is 0 Å². The fraction of sp³-hybridized carbons (Fsp3) is 0.571. The molecule has 0 atom stereocenters. The Morgan fingerprint density at radius 3 is 2.90 bits per heavy atom. The lowest BCUT2D eigenvalue weighted by Crippen LogP contribution is -2.06. The standard InChI is InChI=1S/C7H8FNO/c8-5-7(2-3-7)6-1-4-9-10-6/h1,4H,2-3,5H2. The quantitative estimate of drug-likeness (QED) is 0.626. The van der Waals surface area contributed by atoms with E-state index in [1.165, 1.54) is 0 Å². The van der Waals surface area contributed by atoms with E-state index in [0.717, 1.165) is 12.8 Å². The second-order valence-electron chi connectivity index (χ2n) is 2.79. The summed E-state index contributed by atoms with van der Waals surface area (Å²) in [5.74, 6) is 0.704. The molecule has 1 fully saturated rings. The summed E-state index contributed by atoms with van der Waals surface area (Å²) in [4.78, 5) is 0. The van der Waals surface area contributed by atoms with Gasteiger partial charge in [0.05, 0.1) is 11.6 Å². The maximum Gasteiger partial charge on any atom is 0.145 e. The van der Waals surface area contributed by atoms with Crippen LogP contribution in [0.5, 0.6) is 0 Å². The second-order valence-corrected chi connectivity index (χ2v) is 2.79. The summed E-state index contributed by atoms with van der Waals surface area (Å²) in [6.45, 7) is -0.317. The Hall–Kier alpha value is -0.860. The molecule has 1 heterocycles. The van der Waals surface area contributed by atoms with E-state index in [1.54, 1.807) is 12.3 Å². The Bertz CT molecular complexity index is 216. The molecule has 0 aliphatic heterocycles. The molecule has 54 valence electrons.